The third-order valence-corrected chi connectivity index (χ3v) is 2.99. The molecule has 0 fully saturated rings. The lowest BCUT2D eigenvalue weighted by molar-refractivity contribution is -0.141. The lowest BCUT2D eigenvalue weighted by atomic mass is 10.2. The van der Waals surface area contributed by atoms with Gasteiger partial charge in [0.2, 0.25) is 5.88 Å². The Balaban J connectivity index is 2.10. The predicted octanol–water partition coefficient (Wildman–Crippen LogP) is 2.75. The largest absolute Gasteiger partial charge is 0.481 e. The molecule has 118 valence electrons. The maximum atomic E-state index is 12.6. The number of halogens is 3. The Hall–Kier alpha value is -2.22. The van der Waals surface area contributed by atoms with Crippen LogP contribution in [0.4, 0.5) is 13.2 Å². The molecule has 0 spiro atoms. The van der Waals surface area contributed by atoms with E-state index in [1.54, 1.807) is 18.5 Å². The molecular formula is C14H15F3N4O. The normalized spacial score (nSPS) is 13.0. The van der Waals surface area contributed by atoms with Crippen LogP contribution in [0.2, 0.25) is 0 Å². The number of nitrogens with one attached hydrogen (secondary N) is 1. The fraction of sp³-hybridized carbons (Fsp3) is 0.357. The molecule has 8 heteroatoms. The van der Waals surface area contributed by atoms with Gasteiger partial charge >= 0.3 is 6.18 Å². The molecule has 2 heterocycles. The molecule has 2 aromatic heterocycles. The summed E-state index contributed by atoms with van der Waals surface area (Å²) in [5.74, 6) is 0.546. The highest BCUT2D eigenvalue weighted by atomic mass is 19.4. The molecule has 0 aliphatic rings. The number of aromatic nitrogens is 3. The molecule has 0 saturated carbocycles. The van der Waals surface area contributed by atoms with Gasteiger partial charge in [-0.25, -0.2) is 15.0 Å². The van der Waals surface area contributed by atoms with Crippen molar-refractivity contribution in [1.29, 1.82) is 0 Å². The van der Waals surface area contributed by atoms with E-state index in [9.17, 15) is 13.2 Å². The molecule has 2 rings (SSSR count). The molecule has 0 aliphatic carbocycles. The molecule has 5 nitrogen and oxygen atoms in total. The summed E-state index contributed by atoms with van der Waals surface area (Å²) < 4.78 is 42.8. The van der Waals surface area contributed by atoms with Gasteiger partial charge < -0.3 is 10.1 Å². The Kier molecular flexibility index (Phi) is 4.92. The van der Waals surface area contributed by atoms with Crippen molar-refractivity contribution in [2.75, 3.05) is 7.11 Å². The van der Waals surface area contributed by atoms with E-state index in [1.165, 1.54) is 13.2 Å². The first-order chi connectivity index (χ1) is 10.4. The van der Waals surface area contributed by atoms with Crippen LogP contribution < -0.4 is 10.1 Å². The topological polar surface area (TPSA) is 59.9 Å². The van der Waals surface area contributed by atoms with Crippen molar-refractivity contribution in [2.24, 2.45) is 0 Å². The van der Waals surface area contributed by atoms with Crippen LogP contribution >= 0.6 is 0 Å². The van der Waals surface area contributed by atoms with Crippen LogP contribution in [0.1, 0.15) is 30.0 Å². The number of pyridine rings is 1. The van der Waals surface area contributed by atoms with E-state index in [4.69, 9.17) is 4.74 Å². The van der Waals surface area contributed by atoms with E-state index in [-0.39, 0.29) is 18.5 Å². The Bertz CT molecular complexity index is 619. The highest BCUT2D eigenvalue weighted by Crippen LogP contribution is 2.30. The average molecular weight is 312 g/mol. The Morgan fingerprint density at radius 2 is 1.91 bits per heavy atom. The van der Waals surface area contributed by atoms with Gasteiger partial charge in [-0.1, -0.05) is 6.07 Å². The molecule has 0 amide bonds. The molecule has 22 heavy (non-hydrogen) atoms. The second-order valence-corrected chi connectivity index (χ2v) is 4.57. The van der Waals surface area contributed by atoms with Crippen molar-refractivity contribution < 1.29 is 17.9 Å². The molecule has 0 aromatic carbocycles. The van der Waals surface area contributed by atoms with E-state index >= 15 is 0 Å². The Morgan fingerprint density at radius 1 is 1.23 bits per heavy atom. The van der Waals surface area contributed by atoms with Gasteiger partial charge in [0, 0.05) is 24.5 Å². The minimum Gasteiger partial charge on any atom is -0.481 e. The summed E-state index contributed by atoms with van der Waals surface area (Å²) in [6.45, 7) is 2.15. The third-order valence-electron chi connectivity index (χ3n) is 2.99. The van der Waals surface area contributed by atoms with Gasteiger partial charge in [-0.15, -0.1) is 0 Å². The summed E-state index contributed by atoms with van der Waals surface area (Å²) in [5, 5.41) is 3.12. The fourth-order valence-electron chi connectivity index (χ4n) is 1.83. The van der Waals surface area contributed by atoms with Crippen molar-refractivity contribution in [3.8, 4) is 5.88 Å². The zero-order valence-electron chi connectivity index (χ0n) is 12.1. The smallest absolute Gasteiger partial charge is 0.433 e. The monoisotopic (exact) mass is 312 g/mol. The number of hydrogen-bond acceptors (Lipinski definition) is 5. The number of hydrogen-bond donors (Lipinski definition) is 1. The van der Waals surface area contributed by atoms with Gasteiger partial charge in [-0.05, 0) is 19.1 Å². The lowest BCUT2D eigenvalue weighted by Gasteiger charge is -2.15. The van der Waals surface area contributed by atoms with Crippen LogP contribution in [0, 0.1) is 0 Å². The molecule has 2 aromatic rings. The maximum absolute atomic E-state index is 12.6. The summed E-state index contributed by atoms with van der Waals surface area (Å²) in [5.41, 5.74) is -0.453. The predicted molar refractivity (Wildman–Crippen MR) is 73.1 cm³/mol. The summed E-state index contributed by atoms with van der Waals surface area (Å²) >= 11 is 0. The number of methoxy groups -OCH3 is 1. The van der Waals surface area contributed by atoms with Crippen molar-refractivity contribution >= 4 is 0 Å². The SMILES string of the molecule is COc1nc(C(F)(F)F)ccc1CNC(C)c1ncccn1. The van der Waals surface area contributed by atoms with Crippen molar-refractivity contribution in [2.45, 2.75) is 25.7 Å². The van der Waals surface area contributed by atoms with Crippen LogP contribution in [0.15, 0.2) is 30.6 Å². The van der Waals surface area contributed by atoms with Gasteiger partial charge in [0.15, 0.2) is 0 Å². The van der Waals surface area contributed by atoms with Gasteiger partial charge in [-0.2, -0.15) is 13.2 Å². The first-order valence-electron chi connectivity index (χ1n) is 6.53. The fourth-order valence-corrected chi connectivity index (χ4v) is 1.83. The number of alkyl halides is 3. The van der Waals surface area contributed by atoms with Crippen LogP contribution in [0.5, 0.6) is 5.88 Å². The summed E-state index contributed by atoms with van der Waals surface area (Å²) in [7, 11) is 1.29. The van der Waals surface area contributed by atoms with E-state index in [0.717, 1.165) is 6.07 Å². The molecule has 1 atom stereocenters. The first kappa shape index (κ1) is 16.2. The molecular weight excluding hydrogens is 297 g/mol. The maximum Gasteiger partial charge on any atom is 0.433 e. The average Bonchev–Trinajstić information content (AvgIpc) is 2.52. The van der Waals surface area contributed by atoms with Crippen LogP contribution in [-0.4, -0.2) is 22.1 Å². The minimum atomic E-state index is -4.50. The van der Waals surface area contributed by atoms with Crippen molar-refractivity contribution in [3.63, 3.8) is 0 Å². The van der Waals surface area contributed by atoms with Gasteiger partial charge in [-0.3, -0.25) is 0 Å². The van der Waals surface area contributed by atoms with Gasteiger partial charge in [0.1, 0.15) is 11.5 Å². The van der Waals surface area contributed by atoms with E-state index in [1.807, 2.05) is 6.92 Å². The minimum absolute atomic E-state index is 0.0523. The zero-order chi connectivity index (χ0) is 16.2. The molecule has 0 aliphatic heterocycles. The summed E-state index contributed by atoms with van der Waals surface area (Å²) in [6.07, 6.45) is -1.24. The van der Waals surface area contributed by atoms with E-state index in [2.05, 4.69) is 20.3 Å². The molecule has 0 saturated heterocycles. The third kappa shape index (κ3) is 3.91. The van der Waals surface area contributed by atoms with Crippen molar-refractivity contribution in [1.82, 2.24) is 20.3 Å². The van der Waals surface area contributed by atoms with Gasteiger partial charge in [0.25, 0.3) is 0 Å². The Labute approximate surface area is 125 Å². The quantitative estimate of drug-likeness (QED) is 0.920. The van der Waals surface area contributed by atoms with E-state index in [0.29, 0.717) is 11.4 Å². The second-order valence-electron chi connectivity index (χ2n) is 4.57. The Morgan fingerprint density at radius 3 is 2.50 bits per heavy atom. The van der Waals surface area contributed by atoms with Crippen LogP contribution in [0.25, 0.3) is 0 Å². The van der Waals surface area contributed by atoms with Crippen molar-refractivity contribution in [3.05, 3.63) is 47.7 Å². The first-order valence-corrected chi connectivity index (χ1v) is 6.53. The second kappa shape index (κ2) is 6.69. The molecule has 0 radical (unpaired) electrons. The summed E-state index contributed by atoms with van der Waals surface area (Å²) in [6, 6.07) is 3.83. The highest BCUT2D eigenvalue weighted by molar-refractivity contribution is 5.29. The molecule has 0 bridgehead atoms. The zero-order valence-corrected chi connectivity index (χ0v) is 12.1. The van der Waals surface area contributed by atoms with E-state index < -0.39 is 11.9 Å². The standard InChI is InChI=1S/C14H15F3N4O/c1-9(12-18-6-3-7-19-12)20-8-10-4-5-11(14(15,16)17)21-13(10)22-2/h3-7,9,20H,8H2,1-2H3. The van der Waals surface area contributed by atoms with Crippen LogP contribution in [-0.2, 0) is 12.7 Å². The molecule has 1 N–H and O–H groups in total. The highest BCUT2D eigenvalue weighted by Gasteiger charge is 2.33. The van der Waals surface area contributed by atoms with Crippen LogP contribution in [0.3, 0.4) is 0 Å². The molecule has 1 unspecified atom stereocenters. The number of ether oxygens (including phenoxy) is 1. The lowest BCUT2D eigenvalue weighted by Crippen LogP contribution is -2.21. The van der Waals surface area contributed by atoms with Gasteiger partial charge in [0.05, 0.1) is 13.2 Å². The summed E-state index contributed by atoms with van der Waals surface area (Å²) in [4.78, 5) is 11.7. The number of nitrogens with zero attached hydrogens (tertiary/aromatic N) is 3. The number of rotatable bonds is 5.